The maximum atomic E-state index is 13.1. The molecule has 0 aliphatic carbocycles. The normalized spacial score (nSPS) is 20.6. The smallest absolute Gasteiger partial charge is 0.220 e. The van der Waals surface area contributed by atoms with Crippen molar-refractivity contribution in [3.05, 3.63) is 29.6 Å². The van der Waals surface area contributed by atoms with Crippen LogP contribution in [0, 0.1) is 5.82 Å². The third-order valence-electron chi connectivity index (χ3n) is 2.95. The third kappa shape index (κ3) is 2.98. The van der Waals surface area contributed by atoms with E-state index in [2.05, 4.69) is 5.32 Å². The number of carbonyl (C=O) groups is 1. The van der Waals surface area contributed by atoms with Crippen LogP contribution in [0.5, 0.6) is 5.75 Å². The zero-order valence-electron chi connectivity index (χ0n) is 10.1. The van der Waals surface area contributed by atoms with Gasteiger partial charge in [0.25, 0.3) is 0 Å². The highest BCUT2D eigenvalue weighted by Gasteiger charge is 2.21. The van der Waals surface area contributed by atoms with Crippen LogP contribution in [0.1, 0.15) is 31.4 Å². The summed E-state index contributed by atoms with van der Waals surface area (Å²) in [6.45, 7) is 1.88. The Morgan fingerprint density at radius 2 is 2.39 bits per heavy atom. The van der Waals surface area contributed by atoms with Crippen molar-refractivity contribution < 1.29 is 19.0 Å². The summed E-state index contributed by atoms with van der Waals surface area (Å²) in [6, 6.07) is 4.03. The highest BCUT2D eigenvalue weighted by molar-refractivity contribution is 5.78. The van der Waals surface area contributed by atoms with Gasteiger partial charge in [0.2, 0.25) is 5.91 Å². The molecule has 0 spiro atoms. The molecule has 1 aromatic rings. The van der Waals surface area contributed by atoms with Gasteiger partial charge in [0.05, 0.1) is 12.1 Å². The maximum Gasteiger partial charge on any atom is 0.220 e. The van der Waals surface area contributed by atoms with Crippen molar-refractivity contribution in [2.45, 2.75) is 31.9 Å². The van der Waals surface area contributed by atoms with E-state index < -0.39 is 11.9 Å². The number of nitrogens with one attached hydrogen (secondary N) is 1. The Hall–Kier alpha value is -1.62. The molecule has 1 saturated heterocycles. The summed E-state index contributed by atoms with van der Waals surface area (Å²) >= 11 is 0. The summed E-state index contributed by atoms with van der Waals surface area (Å²) in [5, 5.41) is 12.3. The SMILES string of the molecule is CC(O)c1cc(F)ccc1OCC1CCC(=O)N1. The zero-order valence-corrected chi connectivity index (χ0v) is 10.1. The van der Waals surface area contributed by atoms with Crippen molar-refractivity contribution in [1.29, 1.82) is 0 Å². The van der Waals surface area contributed by atoms with E-state index in [0.29, 0.717) is 24.3 Å². The van der Waals surface area contributed by atoms with Crippen molar-refractivity contribution in [2.24, 2.45) is 0 Å². The lowest BCUT2D eigenvalue weighted by molar-refractivity contribution is -0.119. The fourth-order valence-electron chi connectivity index (χ4n) is 1.97. The van der Waals surface area contributed by atoms with Crippen LogP contribution in [-0.2, 0) is 4.79 Å². The number of ether oxygens (including phenoxy) is 1. The van der Waals surface area contributed by atoms with Crippen LogP contribution in [0.25, 0.3) is 0 Å². The topological polar surface area (TPSA) is 58.6 Å². The fourth-order valence-corrected chi connectivity index (χ4v) is 1.97. The molecule has 0 saturated carbocycles. The Balaban J connectivity index is 2.02. The Kier molecular flexibility index (Phi) is 3.81. The number of hydrogen-bond donors (Lipinski definition) is 2. The fraction of sp³-hybridized carbons (Fsp3) is 0.462. The van der Waals surface area contributed by atoms with Crippen molar-refractivity contribution in [2.75, 3.05) is 6.61 Å². The lowest BCUT2D eigenvalue weighted by atomic mass is 10.1. The van der Waals surface area contributed by atoms with Crippen molar-refractivity contribution >= 4 is 5.91 Å². The molecule has 0 bridgehead atoms. The number of hydrogen-bond acceptors (Lipinski definition) is 3. The second kappa shape index (κ2) is 5.35. The van der Waals surface area contributed by atoms with E-state index in [1.165, 1.54) is 18.2 Å². The summed E-state index contributed by atoms with van der Waals surface area (Å²) in [4.78, 5) is 11.0. The molecule has 2 N–H and O–H groups in total. The Bertz CT molecular complexity index is 448. The van der Waals surface area contributed by atoms with E-state index in [9.17, 15) is 14.3 Å². The molecule has 2 atom stereocenters. The van der Waals surface area contributed by atoms with E-state index in [1.54, 1.807) is 6.92 Å². The molecule has 2 unspecified atom stereocenters. The first-order valence-corrected chi connectivity index (χ1v) is 5.96. The van der Waals surface area contributed by atoms with Gasteiger partial charge in [0.15, 0.2) is 0 Å². The average Bonchev–Trinajstić information content (AvgIpc) is 2.73. The molecule has 4 nitrogen and oxygen atoms in total. The number of amides is 1. The van der Waals surface area contributed by atoms with Gasteiger partial charge in [0.1, 0.15) is 18.2 Å². The number of aliphatic hydroxyl groups excluding tert-OH is 1. The molecule has 1 amide bonds. The van der Waals surface area contributed by atoms with Gasteiger partial charge in [-0.15, -0.1) is 0 Å². The Morgan fingerprint density at radius 1 is 1.61 bits per heavy atom. The summed E-state index contributed by atoms with van der Waals surface area (Å²) in [6.07, 6.45) is 0.457. The number of carbonyl (C=O) groups excluding carboxylic acids is 1. The first-order valence-electron chi connectivity index (χ1n) is 5.96. The number of aliphatic hydroxyl groups is 1. The predicted octanol–water partition coefficient (Wildman–Crippen LogP) is 1.54. The Labute approximate surface area is 105 Å². The van der Waals surface area contributed by atoms with Crippen molar-refractivity contribution in [3.63, 3.8) is 0 Å². The molecule has 1 heterocycles. The molecule has 2 rings (SSSR count). The largest absolute Gasteiger partial charge is 0.491 e. The van der Waals surface area contributed by atoms with Gasteiger partial charge in [-0.05, 0) is 31.5 Å². The first-order chi connectivity index (χ1) is 8.56. The van der Waals surface area contributed by atoms with E-state index >= 15 is 0 Å². The average molecular weight is 253 g/mol. The second-order valence-electron chi connectivity index (χ2n) is 4.47. The molecule has 1 aliphatic rings. The monoisotopic (exact) mass is 253 g/mol. The van der Waals surface area contributed by atoms with Gasteiger partial charge < -0.3 is 15.2 Å². The van der Waals surface area contributed by atoms with E-state index in [0.717, 1.165) is 6.42 Å². The standard InChI is InChI=1S/C13H16FNO3/c1-8(16)11-6-9(14)2-4-12(11)18-7-10-3-5-13(17)15-10/h2,4,6,8,10,16H,3,5,7H2,1H3,(H,15,17). The predicted molar refractivity (Wildman–Crippen MR) is 63.7 cm³/mol. The first kappa shape index (κ1) is 12.8. The van der Waals surface area contributed by atoms with Crippen LogP contribution >= 0.6 is 0 Å². The second-order valence-corrected chi connectivity index (χ2v) is 4.47. The minimum atomic E-state index is -0.797. The van der Waals surface area contributed by atoms with E-state index in [1.807, 2.05) is 0 Å². The molecule has 18 heavy (non-hydrogen) atoms. The number of benzene rings is 1. The summed E-state index contributed by atoms with van der Waals surface area (Å²) in [7, 11) is 0. The lowest BCUT2D eigenvalue weighted by Crippen LogP contribution is -2.31. The van der Waals surface area contributed by atoms with E-state index in [-0.39, 0.29) is 11.9 Å². The summed E-state index contributed by atoms with van der Waals surface area (Å²) in [5.41, 5.74) is 0.416. The van der Waals surface area contributed by atoms with Crippen LogP contribution in [0.2, 0.25) is 0 Å². The van der Waals surface area contributed by atoms with E-state index in [4.69, 9.17) is 4.74 Å². The van der Waals surface area contributed by atoms with Crippen molar-refractivity contribution in [1.82, 2.24) is 5.32 Å². The molecule has 5 heteroatoms. The summed E-state index contributed by atoms with van der Waals surface area (Å²) in [5.74, 6) is 0.0680. The molecule has 1 fully saturated rings. The highest BCUT2D eigenvalue weighted by Crippen LogP contribution is 2.26. The molecule has 1 aromatic carbocycles. The van der Waals surface area contributed by atoms with Crippen LogP contribution in [-0.4, -0.2) is 23.7 Å². The van der Waals surface area contributed by atoms with Gasteiger partial charge in [-0.25, -0.2) is 4.39 Å². The van der Waals surface area contributed by atoms with Crippen molar-refractivity contribution in [3.8, 4) is 5.75 Å². The molecule has 0 aromatic heterocycles. The number of halogens is 1. The van der Waals surface area contributed by atoms with Gasteiger partial charge >= 0.3 is 0 Å². The van der Waals surface area contributed by atoms with Crippen LogP contribution in [0.3, 0.4) is 0 Å². The van der Waals surface area contributed by atoms with Crippen LogP contribution in [0.15, 0.2) is 18.2 Å². The van der Waals surface area contributed by atoms with Gasteiger partial charge in [-0.1, -0.05) is 0 Å². The summed E-state index contributed by atoms with van der Waals surface area (Å²) < 4.78 is 18.6. The molecular formula is C13H16FNO3. The third-order valence-corrected chi connectivity index (χ3v) is 2.95. The van der Waals surface area contributed by atoms with Crippen LogP contribution in [0.4, 0.5) is 4.39 Å². The van der Waals surface area contributed by atoms with Gasteiger partial charge in [-0.2, -0.15) is 0 Å². The zero-order chi connectivity index (χ0) is 13.1. The molecular weight excluding hydrogens is 237 g/mol. The molecule has 1 aliphatic heterocycles. The van der Waals surface area contributed by atoms with Gasteiger partial charge in [0, 0.05) is 12.0 Å². The maximum absolute atomic E-state index is 13.1. The molecule has 0 radical (unpaired) electrons. The Morgan fingerprint density at radius 3 is 3.00 bits per heavy atom. The minimum absolute atomic E-state index is 0.00981. The lowest BCUT2D eigenvalue weighted by Gasteiger charge is -2.16. The highest BCUT2D eigenvalue weighted by atomic mass is 19.1. The van der Waals surface area contributed by atoms with Crippen LogP contribution < -0.4 is 10.1 Å². The quantitative estimate of drug-likeness (QED) is 0.855. The minimum Gasteiger partial charge on any atom is -0.491 e. The molecule has 98 valence electrons. The number of rotatable bonds is 4. The van der Waals surface area contributed by atoms with Gasteiger partial charge in [-0.3, -0.25) is 4.79 Å².